The van der Waals surface area contributed by atoms with Crippen molar-refractivity contribution in [2.24, 2.45) is 0 Å². The van der Waals surface area contributed by atoms with E-state index >= 15 is 0 Å². The lowest BCUT2D eigenvalue weighted by Crippen LogP contribution is -2.24. The lowest BCUT2D eigenvalue weighted by Gasteiger charge is -2.06. The quantitative estimate of drug-likeness (QED) is 0.785. The Hall–Kier alpha value is -3.01. The van der Waals surface area contributed by atoms with Gasteiger partial charge in [-0.2, -0.15) is 0 Å². The minimum atomic E-state index is 0.00709. The van der Waals surface area contributed by atoms with Gasteiger partial charge in [0.15, 0.2) is 0 Å². The van der Waals surface area contributed by atoms with Gasteiger partial charge in [-0.3, -0.25) is 14.8 Å². The Morgan fingerprint density at radius 2 is 1.67 bits per heavy atom. The molecular formula is C20H19N3O. The molecule has 2 aromatic heterocycles. The summed E-state index contributed by atoms with van der Waals surface area (Å²) in [5, 5.41) is 2.93. The van der Waals surface area contributed by atoms with Crippen molar-refractivity contribution < 1.29 is 4.79 Å². The molecule has 1 N–H and O–H groups in total. The number of pyridine rings is 2. The molecule has 0 spiro atoms. The number of amides is 1. The number of carbonyl (C=O) groups excluding carboxylic acids is 1. The average Bonchev–Trinajstić information content (AvgIpc) is 2.63. The molecule has 4 heteroatoms. The van der Waals surface area contributed by atoms with Crippen molar-refractivity contribution in [3.8, 4) is 11.4 Å². The topological polar surface area (TPSA) is 54.9 Å². The summed E-state index contributed by atoms with van der Waals surface area (Å²) < 4.78 is 0. The van der Waals surface area contributed by atoms with Crippen LogP contribution in [0.15, 0.2) is 67.0 Å². The van der Waals surface area contributed by atoms with Gasteiger partial charge < -0.3 is 5.32 Å². The third kappa shape index (κ3) is 4.26. The highest BCUT2D eigenvalue weighted by Crippen LogP contribution is 2.13. The standard InChI is InChI=1S/C20H19N3O/c1-15-5-7-16(8-6-15)12-20(24)23-14-17-9-10-19(22-13-17)18-4-2-3-11-21-18/h2-11,13H,12,14H2,1H3,(H,23,24). The van der Waals surface area contributed by atoms with E-state index in [1.54, 1.807) is 12.4 Å². The molecular weight excluding hydrogens is 298 g/mol. The lowest BCUT2D eigenvalue weighted by molar-refractivity contribution is -0.120. The molecule has 0 fully saturated rings. The first-order valence-corrected chi connectivity index (χ1v) is 7.89. The fourth-order valence-corrected chi connectivity index (χ4v) is 2.35. The first-order valence-electron chi connectivity index (χ1n) is 7.89. The minimum absolute atomic E-state index is 0.00709. The van der Waals surface area contributed by atoms with Gasteiger partial charge in [0.25, 0.3) is 0 Å². The smallest absolute Gasteiger partial charge is 0.224 e. The number of nitrogens with zero attached hydrogens (tertiary/aromatic N) is 2. The fraction of sp³-hybridized carbons (Fsp3) is 0.150. The van der Waals surface area contributed by atoms with E-state index in [9.17, 15) is 4.79 Å². The van der Waals surface area contributed by atoms with Gasteiger partial charge in [0.05, 0.1) is 17.8 Å². The van der Waals surface area contributed by atoms with Crippen LogP contribution in [0.1, 0.15) is 16.7 Å². The zero-order valence-electron chi connectivity index (χ0n) is 13.6. The van der Waals surface area contributed by atoms with Crippen LogP contribution in [0.4, 0.5) is 0 Å². The normalized spacial score (nSPS) is 10.4. The average molecular weight is 317 g/mol. The SMILES string of the molecule is Cc1ccc(CC(=O)NCc2ccc(-c3ccccn3)nc2)cc1. The summed E-state index contributed by atoms with van der Waals surface area (Å²) in [6, 6.07) is 17.6. The highest BCUT2D eigenvalue weighted by Gasteiger charge is 2.04. The molecule has 1 amide bonds. The summed E-state index contributed by atoms with van der Waals surface area (Å²) in [5.41, 5.74) is 4.84. The van der Waals surface area contributed by atoms with Crippen LogP contribution in [0.5, 0.6) is 0 Å². The minimum Gasteiger partial charge on any atom is -0.352 e. The van der Waals surface area contributed by atoms with Crippen molar-refractivity contribution in [2.75, 3.05) is 0 Å². The number of hydrogen-bond acceptors (Lipinski definition) is 3. The fourth-order valence-electron chi connectivity index (χ4n) is 2.35. The Bertz CT molecular complexity index is 797. The van der Waals surface area contributed by atoms with Crippen LogP contribution in [-0.4, -0.2) is 15.9 Å². The number of aromatic nitrogens is 2. The van der Waals surface area contributed by atoms with E-state index in [0.717, 1.165) is 22.5 Å². The molecule has 0 radical (unpaired) electrons. The van der Waals surface area contributed by atoms with Gasteiger partial charge >= 0.3 is 0 Å². The van der Waals surface area contributed by atoms with E-state index in [0.29, 0.717) is 13.0 Å². The Morgan fingerprint density at radius 1 is 0.917 bits per heavy atom. The summed E-state index contributed by atoms with van der Waals surface area (Å²) in [5.74, 6) is 0.00709. The molecule has 3 aromatic rings. The van der Waals surface area contributed by atoms with Crippen LogP contribution in [0.2, 0.25) is 0 Å². The maximum atomic E-state index is 12.0. The molecule has 0 bridgehead atoms. The Balaban J connectivity index is 1.54. The van der Waals surface area contributed by atoms with Crippen molar-refractivity contribution in [3.63, 3.8) is 0 Å². The van der Waals surface area contributed by atoms with Crippen LogP contribution >= 0.6 is 0 Å². The van der Waals surface area contributed by atoms with Crippen LogP contribution in [0.25, 0.3) is 11.4 Å². The molecule has 120 valence electrons. The Kier molecular flexibility index (Phi) is 4.96. The third-order valence-electron chi connectivity index (χ3n) is 3.73. The van der Waals surface area contributed by atoms with E-state index in [4.69, 9.17) is 0 Å². The molecule has 0 saturated carbocycles. The van der Waals surface area contributed by atoms with Crippen molar-refractivity contribution in [2.45, 2.75) is 19.9 Å². The predicted octanol–water partition coefficient (Wildman–Crippen LogP) is 3.31. The molecule has 0 unspecified atom stereocenters. The number of hydrogen-bond donors (Lipinski definition) is 1. The first kappa shape index (κ1) is 15.9. The van der Waals surface area contributed by atoms with E-state index < -0.39 is 0 Å². The molecule has 0 saturated heterocycles. The summed E-state index contributed by atoms with van der Waals surface area (Å²) in [6.45, 7) is 2.51. The molecule has 2 heterocycles. The third-order valence-corrected chi connectivity index (χ3v) is 3.73. The van der Waals surface area contributed by atoms with Gasteiger partial charge in [-0.15, -0.1) is 0 Å². The highest BCUT2D eigenvalue weighted by molar-refractivity contribution is 5.78. The van der Waals surface area contributed by atoms with Crippen LogP contribution in [0.3, 0.4) is 0 Å². The molecule has 0 aliphatic carbocycles. The van der Waals surface area contributed by atoms with E-state index in [1.807, 2.05) is 61.5 Å². The molecule has 1 aromatic carbocycles. The molecule has 0 atom stereocenters. The first-order chi connectivity index (χ1) is 11.7. The van der Waals surface area contributed by atoms with Gasteiger partial charge in [-0.25, -0.2) is 0 Å². The Morgan fingerprint density at radius 3 is 2.33 bits per heavy atom. The van der Waals surface area contributed by atoms with Gasteiger partial charge in [0.2, 0.25) is 5.91 Å². The number of rotatable bonds is 5. The van der Waals surface area contributed by atoms with Crippen molar-refractivity contribution in [1.29, 1.82) is 0 Å². The zero-order valence-corrected chi connectivity index (χ0v) is 13.6. The largest absolute Gasteiger partial charge is 0.352 e. The van der Waals surface area contributed by atoms with E-state index in [-0.39, 0.29) is 5.91 Å². The second-order valence-electron chi connectivity index (χ2n) is 5.71. The second-order valence-corrected chi connectivity index (χ2v) is 5.71. The highest BCUT2D eigenvalue weighted by atomic mass is 16.1. The lowest BCUT2D eigenvalue weighted by atomic mass is 10.1. The van der Waals surface area contributed by atoms with Crippen LogP contribution in [-0.2, 0) is 17.8 Å². The van der Waals surface area contributed by atoms with Crippen molar-refractivity contribution in [3.05, 3.63) is 83.7 Å². The van der Waals surface area contributed by atoms with Gasteiger partial charge in [0.1, 0.15) is 0 Å². The number of nitrogens with one attached hydrogen (secondary N) is 1. The maximum Gasteiger partial charge on any atom is 0.224 e. The summed E-state index contributed by atoms with van der Waals surface area (Å²) >= 11 is 0. The van der Waals surface area contributed by atoms with Gasteiger partial charge in [-0.05, 0) is 36.2 Å². The molecule has 0 aliphatic heterocycles. The summed E-state index contributed by atoms with van der Waals surface area (Å²) in [4.78, 5) is 20.7. The van der Waals surface area contributed by atoms with E-state index in [2.05, 4.69) is 15.3 Å². The Labute approximate surface area is 141 Å². The number of aryl methyl sites for hydroxylation is 1. The molecule has 3 rings (SSSR count). The monoisotopic (exact) mass is 317 g/mol. The molecule has 0 aliphatic rings. The second kappa shape index (κ2) is 7.51. The summed E-state index contributed by atoms with van der Waals surface area (Å²) in [7, 11) is 0. The predicted molar refractivity (Wildman–Crippen MR) is 94.2 cm³/mol. The molecule has 24 heavy (non-hydrogen) atoms. The van der Waals surface area contributed by atoms with Crippen LogP contribution in [0, 0.1) is 6.92 Å². The maximum absolute atomic E-state index is 12.0. The zero-order chi connectivity index (χ0) is 16.8. The van der Waals surface area contributed by atoms with Crippen molar-refractivity contribution >= 4 is 5.91 Å². The number of benzene rings is 1. The van der Waals surface area contributed by atoms with Crippen molar-refractivity contribution in [1.82, 2.24) is 15.3 Å². The van der Waals surface area contributed by atoms with Gasteiger partial charge in [-0.1, -0.05) is 42.0 Å². The number of carbonyl (C=O) groups is 1. The van der Waals surface area contributed by atoms with Gasteiger partial charge in [0, 0.05) is 18.9 Å². The molecule has 4 nitrogen and oxygen atoms in total. The van der Waals surface area contributed by atoms with Crippen LogP contribution < -0.4 is 5.32 Å². The summed E-state index contributed by atoms with van der Waals surface area (Å²) in [6.07, 6.45) is 3.91. The van der Waals surface area contributed by atoms with E-state index in [1.165, 1.54) is 5.56 Å².